The molecule has 0 bridgehead atoms. The van der Waals surface area contributed by atoms with Crippen molar-refractivity contribution in [1.82, 2.24) is 14.8 Å². The molecule has 0 radical (unpaired) electrons. The molecule has 0 unspecified atom stereocenters. The van der Waals surface area contributed by atoms with Crippen LogP contribution in [0.5, 0.6) is 0 Å². The van der Waals surface area contributed by atoms with Crippen molar-refractivity contribution in [3.8, 4) is 0 Å². The van der Waals surface area contributed by atoms with Gasteiger partial charge in [-0.2, -0.15) is 0 Å². The van der Waals surface area contributed by atoms with E-state index in [1.54, 1.807) is 0 Å². The summed E-state index contributed by atoms with van der Waals surface area (Å²) < 4.78 is 0. The van der Waals surface area contributed by atoms with E-state index in [9.17, 15) is 0 Å². The summed E-state index contributed by atoms with van der Waals surface area (Å²) in [5.41, 5.74) is 1.92. The van der Waals surface area contributed by atoms with E-state index in [1.165, 1.54) is 64.2 Å². The number of rotatable bonds is 3. The Labute approximate surface area is 134 Å². The molecule has 4 nitrogen and oxygen atoms in total. The van der Waals surface area contributed by atoms with E-state index >= 15 is 0 Å². The summed E-state index contributed by atoms with van der Waals surface area (Å²) in [6.45, 7) is 11.1. The molecule has 0 atom stereocenters. The SMILES string of the molecule is Cc1ccc(N2CCC(CN3CC4(CN(C)C4)C3)CC2)nc1. The third kappa shape index (κ3) is 2.74. The standard InChI is InChI=1S/C18H28N4/c1-15-3-4-17(19-9-15)22-7-5-16(6-8-22)10-21-13-18(14-21)11-20(2)12-18/h3-4,9,16H,5-8,10-14H2,1-2H3. The third-order valence-corrected chi connectivity index (χ3v) is 5.68. The van der Waals surface area contributed by atoms with Gasteiger partial charge in [0.2, 0.25) is 0 Å². The number of pyridine rings is 1. The second-order valence-corrected chi connectivity index (χ2v) is 7.97. The minimum atomic E-state index is 0.682. The molecule has 4 heterocycles. The van der Waals surface area contributed by atoms with E-state index in [0.717, 1.165) is 11.7 Å². The Morgan fingerprint density at radius 2 is 1.86 bits per heavy atom. The minimum absolute atomic E-state index is 0.682. The maximum absolute atomic E-state index is 4.57. The first-order valence-electron chi connectivity index (χ1n) is 8.70. The van der Waals surface area contributed by atoms with Crippen molar-refractivity contribution in [2.45, 2.75) is 19.8 Å². The Hall–Kier alpha value is -1.13. The van der Waals surface area contributed by atoms with Crippen molar-refractivity contribution < 1.29 is 0 Å². The number of likely N-dealkylation sites (tertiary alicyclic amines) is 2. The summed E-state index contributed by atoms with van der Waals surface area (Å²) in [5.74, 6) is 2.04. The fraction of sp³-hybridized carbons (Fsp3) is 0.722. The van der Waals surface area contributed by atoms with Gasteiger partial charge in [0.05, 0.1) is 0 Å². The van der Waals surface area contributed by atoms with Gasteiger partial charge >= 0.3 is 0 Å². The molecule has 0 aliphatic carbocycles. The predicted molar refractivity (Wildman–Crippen MR) is 90.3 cm³/mol. The van der Waals surface area contributed by atoms with Gasteiger partial charge in [-0.1, -0.05) is 6.07 Å². The van der Waals surface area contributed by atoms with Crippen LogP contribution in [0.1, 0.15) is 18.4 Å². The van der Waals surface area contributed by atoms with Crippen molar-refractivity contribution in [2.75, 3.05) is 57.8 Å². The minimum Gasteiger partial charge on any atom is -0.357 e. The highest BCUT2D eigenvalue weighted by Crippen LogP contribution is 2.39. The molecule has 22 heavy (non-hydrogen) atoms. The smallest absolute Gasteiger partial charge is 0.128 e. The number of nitrogens with zero attached hydrogens (tertiary/aromatic N) is 4. The largest absolute Gasteiger partial charge is 0.357 e. The van der Waals surface area contributed by atoms with E-state index in [0.29, 0.717) is 5.41 Å². The molecular weight excluding hydrogens is 272 g/mol. The molecule has 0 amide bonds. The van der Waals surface area contributed by atoms with Crippen LogP contribution < -0.4 is 4.90 Å². The van der Waals surface area contributed by atoms with Crippen molar-refractivity contribution in [3.63, 3.8) is 0 Å². The number of aromatic nitrogens is 1. The first-order chi connectivity index (χ1) is 10.6. The van der Waals surface area contributed by atoms with Gasteiger partial charge in [-0.3, -0.25) is 0 Å². The van der Waals surface area contributed by atoms with Crippen molar-refractivity contribution in [1.29, 1.82) is 0 Å². The summed E-state index contributed by atoms with van der Waals surface area (Å²) in [6, 6.07) is 4.34. The zero-order valence-electron chi connectivity index (χ0n) is 14.0. The normalized spacial score (nSPS) is 26.0. The molecule has 0 saturated carbocycles. The number of aryl methyl sites for hydroxylation is 1. The van der Waals surface area contributed by atoms with Crippen LogP contribution in [0.15, 0.2) is 18.3 Å². The zero-order valence-corrected chi connectivity index (χ0v) is 14.0. The number of piperidine rings is 1. The van der Waals surface area contributed by atoms with Crippen LogP contribution in [-0.4, -0.2) is 67.6 Å². The topological polar surface area (TPSA) is 22.6 Å². The van der Waals surface area contributed by atoms with Crippen LogP contribution >= 0.6 is 0 Å². The zero-order chi connectivity index (χ0) is 15.2. The van der Waals surface area contributed by atoms with E-state index in [4.69, 9.17) is 0 Å². The van der Waals surface area contributed by atoms with Crippen molar-refractivity contribution >= 4 is 5.82 Å². The summed E-state index contributed by atoms with van der Waals surface area (Å²) in [4.78, 5) is 12.2. The lowest BCUT2D eigenvalue weighted by atomic mass is 9.72. The summed E-state index contributed by atoms with van der Waals surface area (Å²) in [7, 11) is 2.24. The van der Waals surface area contributed by atoms with Crippen LogP contribution in [0.25, 0.3) is 0 Å². The molecule has 1 aromatic rings. The Balaban J connectivity index is 1.22. The maximum Gasteiger partial charge on any atom is 0.128 e. The summed E-state index contributed by atoms with van der Waals surface area (Å²) in [5, 5.41) is 0. The number of anilines is 1. The lowest BCUT2D eigenvalue weighted by Crippen LogP contribution is -2.71. The van der Waals surface area contributed by atoms with Gasteiger partial charge in [0, 0.05) is 57.4 Å². The predicted octanol–water partition coefficient (Wildman–Crippen LogP) is 1.85. The average Bonchev–Trinajstić information content (AvgIpc) is 2.45. The van der Waals surface area contributed by atoms with Crippen LogP contribution in [0.2, 0.25) is 0 Å². The monoisotopic (exact) mass is 300 g/mol. The van der Waals surface area contributed by atoms with Crippen LogP contribution in [-0.2, 0) is 0 Å². The third-order valence-electron chi connectivity index (χ3n) is 5.68. The maximum atomic E-state index is 4.57. The van der Waals surface area contributed by atoms with Gasteiger partial charge in [0.25, 0.3) is 0 Å². The first kappa shape index (κ1) is 14.5. The molecule has 1 aromatic heterocycles. The molecule has 0 N–H and O–H groups in total. The lowest BCUT2D eigenvalue weighted by Gasteiger charge is -2.60. The molecule has 3 saturated heterocycles. The van der Waals surface area contributed by atoms with E-state index in [-0.39, 0.29) is 0 Å². The molecule has 3 fully saturated rings. The van der Waals surface area contributed by atoms with E-state index < -0.39 is 0 Å². The fourth-order valence-electron chi connectivity index (χ4n) is 4.69. The van der Waals surface area contributed by atoms with Gasteiger partial charge < -0.3 is 14.7 Å². The Morgan fingerprint density at radius 1 is 1.14 bits per heavy atom. The Bertz CT molecular complexity index is 504. The van der Waals surface area contributed by atoms with Crippen molar-refractivity contribution in [3.05, 3.63) is 23.9 Å². The highest BCUT2D eigenvalue weighted by molar-refractivity contribution is 5.39. The second kappa shape index (κ2) is 5.50. The lowest BCUT2D eigenvalue weighted by molar-refractivity contribution is -0.109. The van der Waals surface area contributed by atoms with Gasteiger partial charge in [0.1, 0.15) is 5.82 Å². The quantitative estimate of drug-likeness (QED) is 0.850. The van der Waals surface area contributed by atoms with Gasteiger partial charge in [-0.05, 0) is 44.4 Å². The molecule has 3 aliphatic rings. The molecule has 4 heteroatoms. The molecule has 120 valence electrons. The molecular formula is C18H28N4. The molecule has 4 rings (SSSR count). The fourth-order valence-corrected chi connectivity index (χ4v) is 4.69. The second-order valence-electron chi connectivity index (χ2n) is 7.97. The average molecular weight is 300 g/mol. The Morgan fingerprint density at radius 3 is 2.45 bits per heavy atom. The summed E-state index contributed by atoms with van der Waals surface area (Å²) in [6.07, 6.45) is 4.62. The van der Waals surface area contributed by atoms with E-state index in [1.807, 2.05) is 6.20 Å². The van der Waals surface area contributed by atoms with Crippen LogP contribution in [0.3, 0.4) is 0 Å². The number of hydrogen-bond acceptors (Lipinski definition) is 4. The van der Waals surface area contributed by atoms with Crippen LogP contribution in [0.4, 0.5) is 5.82 Å². The molecule has 1 spiro atoms. The van der Waals surface area contributed by atoms with Crippen LogP contribution in [0, 0.1) is 18.3 Å². The van der Waals surface area contributed by atoms with E-state index in [2.05, 4.69) is 45.8 Å². The summed E-state index contributed by atoms with van der Waals surface area (Å²) >= 11 is 0. The number of hydrogen-bond donors (Lipinski definition) is 0. The van der Waals surface area contributed by atoms with Gasteiger partial charge in [-0.25, -0.2) is 4.98 Å². The highest BCUT2D eigenvalue weighted by Gasteiger charge is 2.50. The van der Waals surface area contributed by atoms with Gasteiger partial charge in [0.15, 0.2) is 0 Å². The first-order valence-corrected chi connectivity index (χ1v) is 8.70. The highest BCUT2D eigenvalue weighted by atomic mass is 15.3. The van der Waals surface area contributed by atoms with Gasteiger partial charge in [-0.15, -0.1) is 0 Å². The van der Waals surface area contributed by atoms with Crippen molar-refractivity contribution in [2.24, 2.45) is 11.3 Å². The Kier molecular flexibility index (Phi) is 3.61. The molecule has 3 aliphatic heterocycles. The molecule has 0 aromatic carbocycles.